The van der Waals surface area contributed by atoms with Crippen LogP contribution in [0.1, 0.15) is 11.0 Å². The highest BCUT2D eigenvalue weighted by Gasteiger charge is 2.16. The Morgan fingerprint density at radius 2 is 2.22 bits per heavy atom. The lowest BCUT2D eigenvalue weighted by Crippen LogP contribution is -2.17. The van der Waals surface area contributed by atoms with Crippen LogP contribution in [0, 0.1) is 5.82 Å². The molecule has 0 saturated carbocycles. The van der Waals surface area contributed by atoms with Crippen molar-refractivity contribution >= 4 is 38.9 Å². The molecule has 0 aliphatic heterocycles. The summed E-state index contributed by atoms with van der Waals surface area (Å²) >= 11 is 10.6. The highest BCUT2D eigenvalue weighted by atomic mass is 79.9. The summed E-state index contributed by atoms with van der Waals surface area (Å²) in [5, 5.41) is 2.27. The molecule has 96 valence electrons. The zero-order valence-electron chi connectivity index (χ0n) is 9.20. The average Bonchev–Trinajstić information content (AvgIpc) is 2.75. The van der Waals surface area contributed by atoms with Gasteiger partial charge >= 0.3 is 0 Å². The lowest BCUT2D eigenvalue weighted by molar-refractivity contribution is 0.208. The molecule has 1 heterocycles. The third-order valence-electron chi connectivity index (χ3n) is 2.28. The minimum atomic E-state index is -0.489. The van der Waals surface area contributed by atoms with Crippen molar-refractivity contribution < 1.29 is 9.13 Å². The van der Waals surface area contributed by atoms with Crippen LogP contribution in [0.2, 0.25) is 5.02 Å². The molecule has 1 unspecified atom stereocenters. The second-order valence-electron chi connectivity index (χ2n) is 3.58. The van der Waals surface area contributed by atoms with E-state index >= 15 is 0 Å². The van der Waals surface area contributed by atoms with Crippen molar-refractivity contribution in [2.24, 2.45) is 5.73 Å². The van der Waals surface area contributed by atoms with E-state index in [9.17, 15) is 4.39 Å². The van der Waals surface area contributed by atoms with E-state index in [1.165, 1.54) is 23.5 Å². The van der Waals surface area contributed by atoms with Crippen molar-refractivity contribution in [1.82, 2.24) is 0 Å². The largest absolute Gasteiger partial charge is 0.480 e. The molecule has 1 aromatic carbocycles. The van der Waals surface area contributed by atoms with Gasteiger partial charge in [-0.1, -0.05) is 11.6 Å². The number of thiophene rings is 1. The van der Waals surface area contributed by atoms with Gasteiger partial charge in [-0.2, -0.15) is 0 Å². The van der Waals surface area contributed by atoms with E-state index in [2.05, 4.69) is 15.9 Å². The molecular weight excluding hydrogens is 341 g/mol. The molecule has 18 heavy (non-hydrogen) atoms. The number of hydrogen-bond donors (Lipinski definition) is 1. The average molecular weight is 351 g/mol. The number of hydrogen-bond acceptors (Lipinski definition) is 3. The van der Waals surface area contributed by atoms with Gasteiger partial charge in [0, 0.05) is 26.3 Å². The topological polar surface area (TPSA) is 35.2 Å². The van der Waals surface area contributed by atoms with Crippen LogP contribution < -0.4 is 10.5 Å². The van der Waals surface area contributed by atoms with E-state index in [0.717, 1.165) is 9.35 Å². The first-order valence-electron chi connectivity index (χ1n) is 5.16. The van der Waals surface area contributed by atoms with Gasteiger partial charge in [0.1, 0.15) is 6.10 Å². The molecule has 0 spiro atoms. The van der Waals surface area contributed by atoms with Gasteiger partial charge in [0.05, 0.1) is 0 Å². The predicted molar refractivity (Wildman–Crippen MR) is 75.9 cm³/mol. The van der Waals surface area contributed by atoms with Gasteiger partial charge in [-0.05, 0) is 40.2 Å². The number of halogens is 3. The molecule has 2 aromatic rings. The fraction of sp³-hybridized carbons (Fsp3) is 0.167. The van der Waals surface area contributed by atoms with Gasteiger partial charge in [-0.25, -0.2) is 4.39 Å². The Labute approximate surface area is 122 Å². The van der Waals surface area contributed by atoms with Crippen molar-refractivity contribution in [3.05, 3.63) is 49.8 Å². The minimum Gasteiger partial charge on any atom is -0.480 e. The lowest BCUT2D eigenvalue weighted by Gasteiger charge is -2.16. The van der Waals surface area contributed by atoms with Gasteiger partial charge in [0.2, 0.25) is 0 Å². The summed E-state index contributed by atoms with van der Waals surface area (Å²) in [6, 6.07) is 6.21. The minimum absolute atomic E-state index is 0.152. The summed E-state index contributed by atoms with van der Waals surface area (Å²) in [5.74, 6) is -0.337. The molecule has 2 nitrogen and oxygen atoms in total. The highest BCUT2D eigenvalue weighted by Crippen LogP contribution is 2.30. The van der Waals surface area contributed by atoms with Crippen LogP contribution >= 0.6 is 38.9 Å². The zero-order chi connectivity index (χ0) is 13.1. The van der Waals surface area contributed by atoms with Crippen LogP contribution in [-0.2, 0) is 0 Å². The predicted octanol–water partition coefficient (Wildman–Crippen LogP) is 4.38. The summed E-state index contributed by atoms with van der Waals surface area (Å²) in [7, 11) is 0. The summed E-state index contributed by atoms with van der Waals surface area (Å²) in [6.45, 7) is 0.273. The maximum atomic E-state index is 13.6. The summed E-state index contributed by atoms with van der Waals surface area (Å²) in [6.07, 6.45) is -0.364. The molecule has 6 heteroatoms. The maximum Gasteiger partial charge on any atom is 0.166 e. The van der Waals surface area contributed by atoms with Gasteiger partial charge < -0.3 is 10.5 Å². The number of ether oxygens (including phenoxy) is 1. The first kappa shape index (κ1) is 13.8. The molecule has 0 saturated heterocycles. The second kappa shape index (κ2) is 6.02. The molecule has 0 radical (unpaired) electrons. The van der Waals surface area contributed by atoms with Crippen molar-refractivity contribution in [2.45, 2.75) is 6.10 Å². The fourth-order valence-corrected chi connectivity index (χ4v) is 3.09. The summed E-state index contributed by atoms with van der Waals surface area (Å²) in [5.41, 5.74) is 5.66. The molecule has 2 rings (SSSR count). The van der Waals surface area contributed by atoms with Crippen LogP contribution in [0.25, 0.3) is 0 Å². The van der Waals surface area contributed by atoms with Crippen molar-refractivity contribution in [2.75, 3.05) is 6.54 Å². The molecule has 2 N–H and O–H groups in total. The van der Waals surface area contributed by atoms with Crippen molar-refractivity contribution in [3.8, 4) is 5.75 Å². The molecule has 1 aromatic heterocycles. The highest BCUT2D eigenvalue weighted by molar-refractivity contribution is 9.10. The van der Waals surface area contributed by atoms with Crippen LogP contribution in [0.15, 0.2) is 34.1 Å². The van der Waals surface area contributed by atoms with Crippen LogP contribution in [-0.4, -0.2) is 6.54 Å². The molecule has 0 aliphatic rings. The molecule has 1 atom stereocenters. The Hall–Kier alpha value is -0.620. The summed E-state index contributed by atoms with van der Waals surface area (Å²) in [4.78, 5) is 0.943. The first-order valence-corrected chi connectivity index (χ1v) is 7.21. The van der Waals surface area contributed by atoms with E-state index in [0.29, 0.717) is 5.02 Å². The zero-order valence-corrected chi connectivity index (χ0v) is 12.4. The van der Waals surface area contributed by atoms with E-state index in [1.54, 1.807) is 6.07 Å². The second-order valence-corrected chi connectivity index (χ2v) is 5.88. The van der Waals surface area contributed by atoms with Crippen molar-refractivity contribution in [1.29, 1.82) is 0 Å². The smallest absolute Gasteiger partial charge is 0.166 e. The van der Waals surface area contributed by atoms with Gasteiger partial charge in [-0.3, -0.25) is 0 Å². The molecule has 0 bridgehead atoms. The third-order valence-corrected chi connectivity index (χ3v) is 4.30. The third kappa shape index (κ3) is 3.23. The Morgan fingerprint density at radius 3 is 2.78 bits per heavy atom. The van der Waals surface area contributed by atoms with Crippen LogP contribution in [0.4, 0.5) is 4.39 Å². The normalized spacial score (nSPS) is 12.4. The number of nitrogens with two attached hydrogens (primary N) is 1. The maximum absolute atomic E-state index is 13.6. The fourth-order valence-electron chi connectivity index (χ4n) is 1.44. The molecule has 0 aliphatic carbocycles. The number of benzene rings is 1. The Kier molecular flexibility index (Phi) is 4.61. The monoisotopic (exact) mass is 349 g/mol. The molecular formula is C12H10BrClFNOS. The quantitative estimate of drug-likeness (QED) is 0.888. The summed E-state index contributed by atoms with van der Waals surface area (Å²) < 4.78 is 20.2. The molecule has 0 fully saturated rings. The van der Waals surface area contributed by atoms with Gasteiger partial charge in [0.15, 0.2) is 11.6 Å². The van der Waals surface area contributed by atoms with E-state index in [1.807, 2.05) is 11.4 Å². The first-order chi connectivity index (χ1) is 8.60. The van der Waals surface area contributed by atoms with Crippen molar-refractivity contribution in [3.63, 3.8) is 0 Å². The van der Waals surface area contributed by atoms with E-state index < -0.39 is 5.82 Å². The standard InChI is InChI=1S/C12H10BrClFNOS/c13-7-3-12(18-6-7)11(5-16)17-10-2-1-8(14)4-9(10)15/h1-4,6,11H,5,16H2. The Morgan fingerprint density at radius 1 is 1.44 bits per heavy atom. The van der Waals surface area contributed by atoms with E-state index in [4.69, 9.17) is 22.1 Å². The molecule has 0 amide bonds. The van der Waals surface area contributed by atoms with Gasteiger partial charge in [-0.15, -0.1) is 11.3 Å². The Bertz CT molecular complexity index is 549. The van der Waals surface area contributed by atoms with Crippen LogP contribution in [0.3, 0.4) is 0 Å². The van der Waals surface area contributed by atoms with Gasteiger partial charge in [0.25, 0.3) is 0 Å². The van der Waals surface area contributed by atoms with E-state index in [-0.39, 0.29) is 18.4 Å². The van der Waals surface area contributed by atoms with Crippen LogP contribution in [0.5, 0.6) is 5.75 Å². The SMILES string of the molecule is NCC(Oc1ccc(Cl)cc1F)c1cc(Br)cs1. The Balaban J connectivity index is 2.20. The number of rotatable bonds is 4. The lowest BCUT2D eigenvalue weighted by atomic mass is 10.2.